The molecule has 4 rings (SSSR count). The van der Waals surface area contributed by atoms with Crippen LogP contribution < -0.4 is 0 Å². The van der Waals surface area contributed by atoms with E-state index in [9.17, 15) is 18.0 Å². The molecule has 0 aliphatic rings. The van der Waals surface area contributed by atoms with Crippen molar-refractivity contribution >= 4 is 17.0 Å². The molecule has 0 atom stereocenters. The molecular weight excluding hydrogens is 395 g/mol. The molecule has 0 bridgehead atoms. The number of pyridine rings is 1. The third-order valence-corrected chi connectivity index (χ3v) is 4.54. The van der Waals surface area contributed by atoms with Crippen LogP contribution in [0.2, 0.25) is 0 Å². The maximum absolute atomic E-state index is 13.2. The molecule has 30 heavy (non-hydrogen) atoms. The lowest BCUT2D eigenvalue weighted by Crippen LogP contribution is -2.06. The highest BCUT2D eigenvalue weighted by Gasteiger charge is 2.31. The van der Waals surface area contributed by atoms with E-state index in [0.717, 1.165) is 12.1 Å². The molecule has 2 aromatic carbocycles. The van der Waals surface area contributed by atoms with Crippen molar-refractivity contribution in [1.29, 1.82) is 0 Å². The van der Waals surface area contributed by atoms with Crippen molar-refractivity contribution in [2.45, 2.75) is 13.1 Å². The number of nitrogens with zero attached hydrogens (tertiary/aromatic N) is 3. The molecule has 0 aliphatic carbocycles. The number of carbonyl (C=O) groups excluding carboxylic acids is 1. The van der Waals surface area contributed by atoms with Gasteiger partial charge in [-0.3, -0.25) is 9.55 Å². The first-order valence-electron chi connectivity index (χ1n) is 9.16. The summed E-state index contributed by atoms with van der Waals surface area (Å²) in [6.07, 6.45) is -1.32. The monoisotopic (exact) mass is 411 g/mol. The van der Waals surface area contributed by atoms with Crippen LogP contribution in [0.15, 0.2) is 67.0 Å². The second kappa shape index (κ2) is 7.62. The van der Waals surface area contributed by atoms with Gasteiger partial charge >= 0.3 is 12.1 Å². The third kappa shape index (κ3) is 3.63. The fourth-order valence-electron chi connectivity index (χ4n) is 3.20. The van der Waals surface area contributed by atoms with Crippen molar-refractivity contribution in [1.82, 2.24) is 14.5 Å². The van der Waals surface area contributed by atoms with Crippen LogP contribution >= 0.6 is 0 Å². The van der Waals surface area contributed by atoms with Gasteiger partial charge in [-0.2, -0.15) is 13.2 Å². The molecule has 2 aromatic heterocycles. The van der Waals surface area contributed by atoms with E-state index in [1.165, 1.54) is 6.07 Å². The van der Waals surface area contributed by atoms with Crippen molar-refractivity contribution in [3.8, 4) is 17.1 Å². The molecule has 0 spiro atoms. The Bertz CT molecular complexity index is 1220. The Hall–Kier alpha value is -3.68. The van der Waals surface area contributed by atoms with Crippen molar-refractivity contribution < 1.29 is 22.7 Å². The van der Waals surface area contributed by atoms with E-state index in [1.54, 1.807) is 60.3 Å². The van der Waals surface area contributed by atoms with Gasteiger partial charge in [0, 0.05) is 23.6 Å². The molecule has 0 N–H and O–H groups in total. The molecule has 0 unspecified atom stereocenters. The number of halogens is 3. The van der Waals surface area contributed by atoms with Gasteiger partial charge in [-0.1, -0.05) is 6.07 Å². The van der Waals surface area contributed by atoms with Crippen LogP contribution in [0.3, 0.4) is 0 Å². The normalized spacial score (nSPS) is 11.6. The molecule has 0 saturated heterocycles. The molecule has 0 fully saturated rings. The molecule has 0 aliphatic heterocycles. The minimum Gasteiger partial charge on any atom is -0.462 e. The fourth-order valence-corrected chi connectivity index (χ4v) is 3.20. The Kier molecular flexibility index (Phi) is 4.99. The van der Waals surface area contributed by atoms with E-state index in [4.69, 9.17) is 4.74 Å². The summed E-state index contributed by atoms with van der Waals surface area (Å²) >= 11 is 0. The minimum atomic E-state index is -4.47. The predicted octanol–water partition coefficient (Wildman–Crippen LogP) is 5.28. The third-order valence-electron chi connectivity index (χ3n) is 4.54. The quantitative estimate of drug-likeness (QED) is 0.429. The maximum atomic E-state index is 13.2. The maximum Gasteiger partial charge on any atom is 0.416 e. The number of fused-ring (bicyclic) bond motifs is 1. The summed E-state index contributed by atoms with van der Waals surface area (Å²) in [5, 5.41) is 0. The van der Waals surface area contributed by atoms with Crippen LogP contribution in [0.25, 0.3) is 28.1 Å². The second-order valence-corrected chi connectivity index (χ2v) is 6.48. The molecule has 0 saturated carbocycles. The molecule has 8 heteroatoms. The van der Waals surface area contributed by atoms with Crippen LogP contribution in [-0.4, -0.2) is 27.1 Å². The average Bonchev–Trinajstić information content (AvgIpc) is 3.13. The number of imidazole rings is 1. The molecule has 2 heterocycles. The Morgan fingerprint density at radius 2 is 1.83 bits per heavy atom. The summed E-state index contributed by atoms with van der Waals surface area (Å²) in [7, 11) is 0. The van der Waals surface area contributed by atoms with Crippen LogP contribution in [0.5, 0.6) is 0 Å². The highest BCUT2D eigenvalue weighted by molar-refractivity contribution is 5.91. The lowest BCUT2D eigenvalue weighted by Gasteiger charge is -2.11. The Morgan fingerprint density at radius 1 is 1.07 bits per heavy atom. The summed E-state index contributed by atoms with van der Waals surface area (Å²) < 4.78 is 46.3. The van der Waals surface area contributed by atoms with Crippen LogP contribution in [0, 0.1) is 0 Å². The van der Waals surface area contributed by atoms with Gasteiger partial charge in [0.05, 0.1) is 28.8 Å². The molecule has 0 amide bonds. The van der Waals surface area contributed by atoms with Crippen molar-refractivity contribution in [3.05, 3.63) is 78.1 Å². The second-order valence-electron chi connectivity index (χ2n) is 6.48. The summed E-state index contributed by atoms with van der Waals surface area (Å²) in [4.78, 5) is 20.6. The van der Waals surface area contributed by atoms with Gasteiger partial charge in [0.2, 0.25) is 0 Å². The number of benzene rings is 2. The summed E-state index contributed by atoms with van der Waals surface area (Å²) in [5.41, 5.74) is 1.49. The standard InChI is InChI=1S/C22H16F3N3O2/c1-2-30-21(29)15-4-3-5-17(12-15)28-19-7-6-16(22(23,24)25)13-18(19)27-20(28)14-8-10-26-11-9-14/h3-13H,2H2,1H3. The van der Waals surface area contributed by atoms with Crippen molar-refractivity contribution in [2.75, 3.05) is 6.61 Å². The lowest BCUT2D eigenvalue weighted by atomic mass is 10.1. The molecule has 5 nitrogen and oxygen atoms in total. The van der Waals surface area contributed by atoms with E-state index < -0.39 is 17.7 Å². The molecule has 4 aromatic rings. The van der Waals surface area contributed by atoms with Crippen LogP contribution in [-0.2, 0) is 10.9 Å². The van der Waals surface area contributed by atoms with Crippen molar-refractivity contribution in [3.63, 3.8) is 0 Å². The number of carbonyl (C=O) groups is 1. The minimum absolute atomic E-state index is 0.193. The lowest BCUT2D eigenvalue weighted by molar-refractivity contribution is -0.137. The van der Waals surface area contributed by atoms with Gasteiger partial charge in [0.1, 0.15) is 5.82 Å². The average molecular weight is 411 g/mol. The number of hydrogen-bond acceptors (Lipinski definition) is 4. The van der Waals surface area contributed by atoms with E-state index in [0.29, 0.717) is 28.2 Å². The fraction of sp³-hybridized carbons (Fsp3) is 0.136. The van der Waals surface area contributed by atoms with E-state index in [1.807, 2.05) is 0 Å². The number of hydrogen-bond donors (Lipinski definition) is 0. The Balaban J connectivity index is 1.96. The van der Waals surface area contributed by atoms with Crippen molar-refractivity contribution in [2.24, 2.45) is 0 Å². The van der Waals surface area contributed by atoms with E-state index in [-0.39, 0.29) is 12.1 Å². The molecule has 152 valence electrons. The number of ether oxygens (including phenoxy) is 1. The first-order chi connectivity index (χ1) is 14.4. The predicted molar refractivity (Wildman–Crippen MR) is 105 cm³/mol. The van der Waals surface area contributed by atoms with Crippen LogP contribution in [0.4, 0.5) is 13.2 Å². The van der Waals surface area contributed by atoms with Crippen LogP contribution in [0.1, 0.15) is 22.8 Å². The number of alkyl halides is 3. The van der Waals surface area contributed by atoms with Gasteiger partial charge in [0.25, 0.3) is 0 Å². The summed E-state index contributed by atoms with van der Waals surface area (Å²) in [5.74, 6) is -0.0404. The highest BCUT2D eigenvalue weighted by atomic mass is 19.4. The summed E-state index contributed by atoms with van der Waals surface area (Å²) in [6, 6.07) is 13.6. The summed E-state index contributed by atoms with van der Waals surface area (Å²) in [6.45, 7) is 1.95. The first-order valence-corrected chi connectivity index (χ1v) is 9.16. The largest absolute Gasteiger partial charge is 0.462 e. The number of esters is 1. The topological polar surface area (TPSA) is 57.0 Å². The van der Waals surface area contributed by atoms with Gasteiger partial charge < -0.3 is 4.74 Å². The molecule has 0 radical (unpaired) electrons. The highest BCUT2D eigenvalue weighted by Crippen LogP contribution is 2.34. The van der Waals surface area contributed by atoms with E-state index >= 15 is 0 Å². The zero-order chi connectivity index (χ0) is 21.3. The number of rotatable bonds is 4. The van der Waals surface area contributed by atoms with Gasteiger partial charge in [0.15, 0.2) is 0 Å². The zero-order valence-corrected chi connectivity index (χ0v) is 15.8. The Labute approximate surface area is 169 Å². The van der Waals surface area contributed by atoms with Gasteiger partial charge in [-0.05, 0) is 55.5 Å². The zero-order valence-electron chi connectivity index (χ0n) is 15.8. The van der Waals surface area contributed by atoms with Gasteiger partial charge in [-0.25, -0.2) is 9.78 Å². The molecular formula is C22H16F3N3O2. The number of aromatic nitrogens is 3. The smallest absolute Gasteiger partial charge is 0.416 e. The van der Waals surface area contributed by atoms with E-state index in [2.05, 4.69) is 9.97 Å². The van der Waals surface area contributed by atoms with Gasteiger partial charge in [-0.15, -0.1) is 0 Å². The SMILES string of the molecule is CCOC(=O)c1cccc(-n2c(-c3ccncc3)nc3cc(C(F)(F)F)ccc32)c1. The Morgan fingerprint density at radius 3 is 2.53 bits per heavy atom. The first kappa shape index (κ1) is 19.6.